The number of aromatic nitrogens is 2. The third kappa shape index (κ3) is 2.34. The first kappa shape index (κ1) is 12.6. The van der Waals surface area contributed by atoms with Crippen LogP contribution in [0.5, 0.6) is 0 Å². The average molecular weight is 290 g/mol. The molecular formula is C18H14N2S. The molecule has 3 aromatic rings. The van der Waals surface area contributed by atoms with Crippen molar-refractivity contribution in [1.29, 1.82) is 0 Å². The Morgan fingerprint density at radius 1 is 0.762 bits per heavy atom. The van der Waals surface area contributed by atoms with E-state index in [0.717, 1.165) is 29.3 Å². The summed E-state index contributed by atoms with van der Waals surface area (Å²) in [6.07, 6.45) is 1.03. The minimum atomic E-state index is 0.829. The van der Waals surface area contributed by atoms with Crippen LogP contribution in [0.1, 0.15) is 5.69 Å². The summed E-state index contributed by atoms with van der Waals surface area (Å²) in [4.78, 5) is 10.9. The second-order valence-electron chi connectivity index (χ2n) is 5.00. The normalized spacial score (nSPS) is 13.1. The Hall–Kier alpha value is -2.13. The van der Waals surface area contributed by atoms with Crippen molar-refractivity contribution in [3.05, 3.63) is 66.4 Å². The lowest BCUT2D eigenvalue weighted by molar-refractivity contribution is 0.988. The molecule has 21 heavy (non-hydrogen) atoms. The van der Waals surface area contributed by atoms with Crippen LogP contribution in [0.2, 0.25) is 0 Å². The number of fused-ring (bicyclic) bond motifs is 1. The summed E-state index contributed by atoms with van der Waals surface area (Å²) < 4.78 is 0. The van der Waals surface area contributed by atoms with Crippen molar-refractivity contribution < 1.29 is 0 Å². The molecule has 0 radical (unpaired) electrons. The molecule has 1 aliphatic rings. The molecule has 2 heterocycles. The van der Waals surface area contributed by atoms with E-state index in [1.54, 1.807) is 0 Å². The Morgan fingerprint density at radius 2 is 1.43 bits per heavy atom. The fourth-order valence-electron chi connectivity index (χ4n) is 2.58. The maximum absolute atomic E-state index is 4.85. The Bertz CT molecular complexity index is 770. The molecule has 0 saturated carbocycles. The first-order valence-electron chi connectivity index (χ1n) is 7.06. The molecule has 1 aromatic heterocycles. The van der Waals surface area contributed by atoms with E-state index >= 15 is 0 Å². The van der Waals surface area contributed by atoms with E-state index in [2.05, 4.69) is 36.4 Å². The number of aryl methyl sites for hydroxylation is 1. The predicted molar refractivity (Wildman–Crippen MR) is 87.3 cm³/mol. The Balaban J connectivity index is 1.92. The van der Waals surface area contributed by atoms with Gasteiger partial charge < -0.3 is 0 Å². The standard InChI is InChI=1S/C18H14N2S/c1-3-7-13(8-4-1)16-17-15(11-12-21-17)19-18(20-16)14-9-5-2-6-10-14/h1-10H,11-12H2. The molecule has 0 unspecified atom stereocenters. The lowest BCUT2D eigenvalue weighted by atomic mass is 10.1. The zero-order valence-electron chi connectivity index (χ0n) is 11.5. The lowest BCUT2D eigenvalue weighted by Crippen LogP contribution is -1.98. The van der Waals surface area contributed by atoms with E-state index in [-0.39, 0.29) is 0 Å². The summed E-state index contributed by atoms with van der Waals surface area (Å²) in [6.45, 7) is 0. The summed E-state index contributed by atoms with van der Waals surface area (Å²) >= 11 is 1.87. The van der Waals surface area contributed by atoms with Crippen LogP contribution in [0.25, 0.3) is 22.6 Å². The van der Waals surface area contributed by atoms with Gasteiger partial charge in [-0.05, 0) is 0 Å². The van der Waals surface area contributed by atoms with Crippen molar-refractivity contribution in [1.82, 2.24) is 9.97 Å². The summed E-state index contributed by atoms with van der Waals surface area (Å²) in [5.41, 5.74) is 4.51. The molecule has 0 fully saturated rings. The molecule has 0 spiro atoms. The van der Waals surface area contributed by atoms with Crippen LogP contribution in [-0.2, 0) is 6.42 Å². The number of benzene rings is 2. The monoisotopic (exact) mass is 290 g/mol. The van der Waals surface area contributed by atoms with Gasteiger partial charge in [-0.2, -0.15) is 0 Å². The van der Waals surface area contributed by atoms with E-state index in [9.17, 15) is 0 Å². The quantitative estimate of drug-likeness (QED) is 0.697. The minimum absolute atomic E-state index is 0.829. The molecular weight excluding hydrogens is 276 g/mol. The van der Waals surface area contributed by atoms with Crippen molar-refractivity contribution in [2.24, 2.45) is 0 Å². The predicted octanol–water partition coefficient (Wildman–Crippen LogP) is 4.46. The molecule has 0 aliphatic carbocycles. The summed E-state index contributed by atoms with van der Waals surface area (Å²) in [5.74, 6) is 1.93. The lowest BCUT2D eigenvalue weighted by Gasteiger charge is -2.10. The average Bonchev–Trinajstić information content (AvgIpc) is 3.04. The molecule has 1 aliphatic heterocycles. The van der Waals surface area contributed by atoms with Gasteiger partial charge in [-0.25, -0.2) is 9.97 Å². The molecule has 0 bridgehead atoms. The van der Waals surface area contributed by atoms with Crippen LogP contribution in [0, 0.1) is 0 Å². The molecule has 0 saturated heterocycles. The molecule has 2 aromatic carbocycles. The van der Waals surface area contributed by atoms with Crippen molar-refractivity contribution in [2.75, 3.05) is 5.75 Å². The maximum atomic E-state index is 4.85. The second kappa shape index (κ2) is 5.34. The second-order valence-corrected chi connectivity index (χ2v) is 6.11. The fraction of sp³-hybridized carbons (Fsp3) is 0.111. The molecule has 4 rings (SSSR count). The highest BCUT2D eigenvalue weighted by molar-refractivity contribution is 7.99. The smallest absolute Gasteiger partial charge is 0.160 e. The molecule has 2 nitrogen and oxygen atoms in total. The highest BCUT2D eigenvalue weighted by Crippen LogP contribution is 2.38. The maximum Gasteiger partial charge on any atom is 0.160 e. The molecule has 0 amide bonds. The van der Waals surface area contributed by atoms with Crippen molar-refractivity contribution in [2.45, 2.75) is 11.3 Å². The number of thioether (sulfide) groups is 1. The minimum Gasteiger partial charge on any atom is -0.232 e. The van der Waals surface area contributed by atoms with Gasteiger partial charge in [0, 0.05) is 23.3 Å². The van der Waals surface area contributed by atoms with E-state index in [0.29, 0.717) is 0 Å². The number of hydrogen-bond donors (Lipinski definition) is 0. The van der Waals surface area contributed by atoms with Gasteiger partial charge in [0.2, 0.25) is 0 Å². The van der Waals surface area contributed by atoms with Gasteiger partial charge in [0.05, 0.1) is 16.3 Å². The molecule has 3 heteroatoms. The van der Waals surface area contributed by atoms with Gasteiger partial charge in [0.1, 0.15) is 0 Å². The van der Waals surface area contributed by atoms with Crippen LogP contribution in [0.15, 0.2) is 65.6 Å². The van der Waals surface area contributed by atoms with Gasteiger partial charge in [0.15, 0.2) is 5.82 Å². The topological polar surface area (TPSA) is 25.8 Å². The molecule has 0 atom stereocenters. The van der Waals surface area contributed by atoms with Crippen molar-refractivity contribution in [3.63, 3.8) is 0 Å². The Labute approximate surface area is 128 Å². The highest BCUT2D eigenvalue weighted by Gasteiger charge is 2.21. The summed E-state index contributed by atoms with van der Waals surface area (Å²) in [7, 11) is 0. The van der Waals surface area contributed by atoms with Crippen molar-refractivity contribution in [3.8, 4) is 22.6 Å². The van der Waals surface area contributed by atoms with Crippen LogP contribution in [0.3, 0.4) is 0 Å². The van der Waals surface area contributed by atoms with Gasteiger partial charge in [-0.1, -0.05) is 60.7 Å². The summed E-state index contributed by atoms with van der Waals surface area (Å²) in [5, 5.41) is 0. The Kier molecular flexibility index (Phi) is 3.20. The first-order valence-corrected chi connectivity index (χ1v) is 8.05. The fourth-order valence-corrected chi connectivity index (χ4v) is 3.69. The molecule has 0 N–H and O–H groups in total. The number of nitrogens with zero attached hydrogens (tertiary/aromatic N) is 2. The first-order chi connectivity index (χ1) is 10.4. The van der Waals surface area contributed by atoms with Gasteiger partial charge in [-0.15, -0.1) is 11.8 Å². The van der Waals surface area contributed by atoms with Crippen LogP contribution < -0.4 is 0 Å². The SMILES string of the molecule is c1ccc(-c2nc3c(c(-c4ccccc4)n2)SCC3)cc1. The molecule has 102 valence electrons. The van der Waals surface area contributed by atoms with E-state index in [1.807, 2.05) is 36.0 Å². The number of hydrogen-bond acceptors (Lipinski definition) is 3. The Morgan fingerprint density at radius 3 is 2.14 bits per heavy atom. The summed E-state index contributed by atoms with van der Waals surface area (Å²) in [6, 6.07) is 20.6. The van der Waals surface area contributed by atoms with E-state index < -0.39 is 0 Å². The van der Waals surface area contributed by atoms with Gasteiger partial charge >= 0.3 is 0 Å². The zero-order valence-corrected chi connectivity index (χ0v) is 12.3. The zero-order chi connectivity index (χ0) is 14.1. The van der Waals surface area contributed by atoms with Gasteiger partial charge in [-0.3, -0.25) is 0 Å². The van der Waals surface area contributed by atoms with E-state index in [4.69, 9.17) is 9.97 Å². The van der Waals surface area contributed by atoms with Crippen molar-refractivity contribution >= 4 is 11.8 Å². The number of rotatable bonds is 2. The highest BCUT2D eigenvalue weighted by atomic mass is 32.2. The van der Waals surface area contributed by atoms with Crippen LogP contribution in [-0.4, -0.2) is 15.7 Å². The van der Waals surface area contributed by atoms with Crippen LogP contribution >= 0.6 is 11.8 Å². The largest absolute Gasteiger partial charge is 0.232 e. The van der Waals surface area contributed by atoms with E-state index in [1.165, 1.54) is 16.2 Å². The van der Waals surface area contributed by atoms with Crippen LogP contribution in [0.4, 0.5) is 0 Å². The van der Waals surface area contributed by atoms with Gasteiger partial charge in [0.25, 0.3) is 0 Å². The third-order valence-corrected chi connectivity index (χ3v) is 4.73. The third-order valence-electron chi connectivity index (χ3n) is 3.60.